The highest BCUT2D eigenvalue weighted by Gasteiger charge is 2.15. The van der Waals surface area contributed by atoms with E-state index < -0.39 is 0 Å². The van der Waals surface area contributed by atoms with E-state index in [9.17, 15) is 4.79 Å². The van der Waals surface area contributed by atoms with Crippen LogP contribution in [0.15, 0.2) is 29.8 Å². The Labute approximate surface area is 71.2 Å². The second-order valence-corrected chi connectivity index (χ2v) is 3.23. The molecule has 0 spiro atoms. The van der Waals surface area contributed by atoms with Crippen LogP contribution in [0, 0.1) is 0 Å². The molecule has 3 nitrogen and oxygen atoms in total. The highest BCUT2D eigenvalue weighted by Crippen LogP contribution is 2.21. The summed E-state index contributed by atoms with van der Waals surface area (Å²) in [6.07, 6.45) is 5.06. The summed E-state index contributed by atoms with van der Waals surface area (Å²) in [6, 6.07) is 0. The van der Waals surface area contributed by atoms with E-state index in [-0.39, 0.29) is 11.1 Å². The molecule has 0 saturated heterocycles. The lowest BCUT2D eigenvalue weighted by molar-refractivity contribution is 0.661. The highest BCUT2D eigenvalue weighted by atomic mass is 16.1. The Bertz CT molecular complexity index is 318. The van der Waals surface area contributed by atoms with Crippen molar-refractivity contribution in [1.29, 1.82) is 0 Å². The predicted octanol–water partition coefficient (Wildman–Crippen LogP) is 1.23. The Balaban J connectivity index is 3.12. The average Bonchev–Trinajstić information content (AvgIpc) is 2.05. The summed E-state index contributed by atoms with van der Waals surface area (Å²) in [4.78, 5) is 16.8. The SMILES string of the molecule is C=CC(C)(C)c1cnc(=O)[nH]c1. The molecule has 64 valence electrons. The van der Waals surface area contributed by atoms with Crippen molar-refractivity contribution >= 4 is 0 Å². The summed E-state index contributed by atoms with van der Waals surface area (Å²) >= 11 is 0. The Hall–Kier alpha value is -1.38. The fourth-order valence-corrected chi connectivity index (χ4v) is 0.812. The summed E-state index contributed by atoms with van der Waals surface area (Å²) < 4.78 is 0. The van der Waals surface area contributed by atoms with Gasteiger partial charge in [0.15, 0.2) is 0 Å². The quantitative estimate of drug-likeness (QED) is 0.668. The van der Waals surface area contributed by atoms with Crippen molar-refractivity contribution in [2.45, 2.75) is 19.3 Å². The molecule has 0 aromatic carbocycles. The van der Waals surface area contributed by atoms with Crippen LogP contribution in [0.5, 0.6) is 0 Å². The largest absolute Gasteiger partial charge is 0.344 e. The number of rotatable bonds is 2. The number of aromatic amines is 1. The molecular formula is C9H12N2O. The third-order valence-corrected chi connectivity index (χ3v) is 1.93. The Morgan fingerprint density at radius 2 is 2.33 bits per heavy atom. The first kappa shape index (κ1) is 8.71. The van der Waals surface area contributed by atoms with Crippen LogP contribution in [0.2, 0.25) is 0 Å². The lowest BCUT2D eigenvalue weighted by Crippen LogP contribution is -2.18. The second-order valence-electron chi connectivity index (χ2n) is 3.23. The van der Waals surface area contributed by atoms with Gasteiger partial charge in [-0.25, -0.2) is 9.78 Å². The molecular weight excluding hydrogens is 152 g/mol. The van der Waals surface area contributed by atoms with Gasteiger partial charge in [0.05, 0.1) is 0 Å². The molecule has 0 saturated carbocycles. The Kier molecular flexibility index (Phi) is 2.13. The first-order chi connectivity index (χ1) is 5.56. The summed E-state index contributed by atoms with van der Waals surface area (Å²) in [5, 5.41) is 0. The van der Waals surface area contributed by atoms with Gasteiger partial charge >= 0.3 is 5.69 Å². The first-order valence-electron chi connectivity index (χ1n) is 3.75. The second kappa shape index (κ2) is 2.93. The number of aromatic nitrogens is 2. The number of hydrogen-bond donors (Lipinski definition) is 1. The summed E-state index contributed by atoms with van der Waals surface area (Å²) in [5.41, 5.74) is 0.493. The monoisotopic (exact) mass is 164 g/mol. The molecule has 1 aromatic heterocycles. The lowest BCUT2D eigenvalue weighted by atomic mass is 9.87. The van der Waals surface area contributed by atoms with Gasteiger partial charge in [-0.3, -0.25) is 0 Å². The zero-order valence-electron chi connectivity index (χ0n) is 7.29. The van der Waals surface area contributed by atoms with Crippen molar-refractivity contribution in [3.05, 3.63) is 41.1 Å². The van der Waals surface area contributed by atoms with Gasteiger partial charge in [0.25, 0.3) is 0 Å². The molecule has 1 aromatic rings. The summed E-state index contributed by atoms with van der Waals surface area (Å²) in [7, 11) is 0. The van der Waals surface area contributed by atoms with Gasteiger partial charge in [0, 0.05) is 17.8 Å². The maximum absolute atomic E-state index is 10.6. The molecule has 0 amide bonds. The van der Waals surface area contributed by atoms with E-state index in [0.29, 0.717) is 0 Å². The van der Waals surface area contributed by atoms with Gasteiger partial charge in [0.1, 0.15) is 0 Å². The molecule has 0 aliphatic carbocycles. The van der Waals surface area contributed by atoms with Crippen molar-refractivity contribution in [2.24, 2.45) is 0 Å². The van der Waals surface area contributed by atoms with Crippen LogP contribution < -0.4 is 5.69 Å². The molecule has 0 unspecified atom stereocenters. The molecule has 1 rings (SSSR count). The van der Waals surface area contributed by atoms with Crippen molar-refractivity contribution in [2.75, 3.05) is 0 Å². The minimum absolute atomic E-state index is 0.142. The molecule has 0 bridgehead atoms. The molecule has 0 aliphatic heterocycles. The van der Waals surface area contributed by atoms with E-state index in [1.807, 2.05) is 19.9 Å². The number of allylic oxidation sites excluding steroid dienone is 1. The van der Waals surface area contributed by atoms with Gasteiger partial charge in [-0.2, -0.15) is 0 Å². The minimum Gasteiger partial charge on any atom is -0.312 e. The molecule has 0 aliphatic rings. The molecule has 3 heteroatoms. The average molecular weight is 164 g/mol. The van der Waals surface area contributed by atoms with Crippen LogP contribution in [0.25, 0.3) is 0 Å². The smallest absolute Gasteiger partial charge is 0.312 e. The standard InChI is InChI=1S/C9H12N2O/c1-4-9(2,3)7-5-10-8(12)11-6-7/h4-6H,1H2,2-3H3,(H,10,11,12). The molecule has 0 atom stereocenters. The third-order valence-electron chi connectivity index (χ3n) is 1.93. The summed E-state index contributed by atoms with van der Waals surface area (Å²) in [6.45, 7) is 7.73. The molecule has 0 radical (unpaired) electrons. The van der Waals surface area contributed by atoms with Crippen molar-refractivity contribution in [1.82, 2.24) is 9.97 Å². The first-order valence-corrected chi connectivity index (χ1v) is 3.75. The Morgan fingerprint density at radius 1 is 1.67 bits per heavy atom. The van der Waals surface area contributed by atoms with Crippen LogP contribution in [0.1, 0.15) is 19.4 Å². The number of nitrogens with zero attached hydrogens (tertiary/aromatic N) is 1. The zero-order chi connectivity index (χ0) is 9.19. The van der Waals surface area contributed by atoms with Gasteiger partial charge in [-0.15, -0.1) is 6.58 Å². The minimum atomic E-state index is -0.321. The van der Waals surface area contributed by atoms with Crippen LogP contribution in [0.4, 0.5) is 0 Å². The van der Waals surface area contributed by atoms with Gasteiger partial charge in [-0.05, 0) is 5.56 Å². The van der Waals surface area contributed by atoms with E-state index >= 15 is 0 Å². The maximum Gasteiger partial charge on any atom is 0.344 e. The van der Waals surface area contributed by atoms with Crippen molar-refractivity contribution < 1.29 is 0 Å². The van der Waals surface area contributed by atoms with Crippen LogP contribution >= 0.6 is 0 Å². The number of H-pyrrole nitrogens is 1. The van der Waals surface area contributed by atoms with Gasteiger partial charge in [0.2, 0.25) is 0 Å². The van der Waals surface area contributed by atoms with E-state index in [2.05, 4.69) is 16.5 Å². The van der Waals surface area contributed by atoms with Crippen LogP contribution in [0.3, 0.4) is 0 Å². The predicted molar refractivity (Wildman–Crippen MR) is 48.1 cm³/mol. The number of nitrogens with one attached hydrogen (secondary N) is 1. The van der Waals surface area contributed by atoms with E-state index in [0.717, 1.165) is 5.56 Å². The van der Waals surface area contributed by atoms with Gasteiger partial charge in [-0.1, -0.05) is 19.9 Å². The lowest BCUT2D eigenvalue weighted by Gasteiger charge is -2.18. The van der Waals surface area contributed by atoms with Gasteiger partial charge < -0.3 is 4.98 Å². The molecule has 0 fully saturated rings. The maximum atomic E-state index is 10.6. The molecule has 1 N–H and O–H groups in total. The highest BCUT2D eigenvalue weighted by molar-refractivity contribution is 5.21. The molecule has 1 heterocycles. The van der Waals surface area contributed by atoms with Crippen molar-refractivity contribution in [3.8, 4) is 0 Å². The van der Waals surface area contributed by atoms with E-state index in [4.69, 9.17) is 0 Å². The summed E-state index contributed by atoms with van der Waals surface area (Å²) in [5.74, 6) is 0. The van der Waals surface area contributed by atoms with E-state index in [1.54, 1.807) is 12.4 Å². The molecule has 12 heavy (non-hydrogen) atoms. The zero-order valence-corrected chi connectivity index (χ0v) is 7.29. The van der Waals surface area contributed by atoms with E-state index in [1.165, 1.54) is 0 Å². The van der Waals surface area contributed by atoms with Crippen LogP contribution in [-0.2, 0) is 5.41 Å². The third kappa shape index (κ3) is 1.61. The van der Waals surface area contributed by atoms with Crippen LogP contribution in [-0.4, -0.2) is 9.97 Å². The Morgan fingerprint density at radius 3 is 2.75 bits per heavy atom. The van der Waals surface area contributed by atoms with Crippen molar-refractivity contribution in [3.63, 3.8) is 0 Å². The topological polar surface area (TPSA) is 45.8 Å². The normalized spacial score (nSPS) is 11.2. The fraction of sp³-hybridized carbons (Fsp3) is 0.333. The number of hydrogen-bond acceptors (Lipinski definition) is 2. The fourth-order valence-electron chi connectivity index (χ4n) is 0.812.